The number of benzene rings is 1. The van der Waals surface area contributed by atoms with Crippen molar-refractivity contribution in [2.75, 3.05) is 0 Å². The van der Waals surface area contributed by atoms with Crippen LogP contribution in [0.15, 0.2) is 24.5 Å². The van der Waals surface area contributed by atoms with E-state index in [4.69, 9.17) is 5.11 Å². The standard InChI is InChI=1S/C10H5F3N4O4/c11-10(12,13)7-2-1-5(3-6(7)8(18)19)16-4-14-9(15-16)17(20)21/h1-4H,(H,18,19). The number of aromatic nitrogens is 3. The predicted octanol–water partition coefficient (Wildman–Crippen LogP) is 1.89. The third-order valence-electron chi connectivity index (χ3n) is 2.45. The third kappa shape index (κ3) is 2.80. The number of hydrogen-bond donors (Lipinski definition) is 1. The summed E-state index contributed by atoms with van der Waals surface area (Å²) in [4.78, 5) is 23.8. The molecule has 1 N–H and O–H groups in total. The molecule has 0 radical (unpaired) electrons. The van der Waals surface area contributed by atoms with Gasteiger partial charge in [-0.15, -0.1) is 4.68 Å². The van der Waals surface area contributed by atoms with Gasteiger partial charge in [-0.1, -0.05) is 4.98 Å². The number of aromatic carboxylic acids is 1. The van der Waals surface area contributed by atoms with Crippen molar-refractivity contribution in [2.45, 2.75) is 6.18 Å². The topological polar surface area (TPSA) is 111 Å². The first-order chi connectivity index (χ1) is 9.70. The molecule has 0 aliphatic heterocycles. The maximum Gasteiger partial charge on any atom is 0.491 e. The van der Waals surface area contributed by atoms with E-state index < -0.39 is 34.1 Å². The fraction of sp³-hybridized carbons (Fsp3) is 0.100. The highest BCUT2D eigenvalue weighted by Gasteiger charge is 2.35. The van der Waals surface area contributed by atoms with Gasteiger partial charge in [-0.25, -0.2) is 4.79 Å². The quantitative estimate of drug-likeness (QED) is 0.684. The molecule has 0 fully saturated rings. The number of alkyl halides is 3. The Morgan fingerprint density at radius 1 is 1.38 bits per heavy atom. The Kier molecular flexibility index (Phi) is 3.33. The number of nitrogens with zero attached hydrogens (tertiary/aromatic N) is 4. The van der Waals surface area contributed by atoms with E-state index in [9.17, 15) is 28.1 Å². The van der Waals surface area contributed by atoms with Crippen LogP contribution in [-0.4, -0.2) is 30.8 Å². The Morgan fingerprint density at radius 3 is 2.52 bits per heavy atom. The summed E-state index contributed by atoms with van der Waals surface area (Å²) in [5, 5.41) is 22.7. The molecule has 8 nitrogen and oxygen atoms in total. The molecule has 0 spiro atoms. The smallest absolute Gasteiger partial charge is 0.478 e. The summed E-state index contributed by atoms with van der Waals surface area (Å²) in [5.74, 6) is -2.54. The Balaban J connectivity index is 2.54. The number of carboxylic acids is 1. The van der Waals surface area contributed by atoms with Crippen LogP contribution in [0.4, 0.5) is 19.1 Å². The summed E-state index contributed by atoms with van der Waals surface area (Å²) in [5.41, 5.74) is -2.41. The molecule has 11 heteroatoms. The highest BCUT2D eigenvalue weighted by atomic mass is 19.4. The molecular weight excluding hydrogens is 297 g/mol. The number of rotatable bonds is 3. The normalized spacial score (nSPS) is 11.4. The van der Waals surface area contributed by atoms with E-state index in [1.807, 2.05) is 0 Å². The molecule has 1 heterocycles. The number of nitro groups is 1. The van der Waals surface area contributed by atoms with Gasteiger partial charge >= 0.3 is 18.1 Å². The number of carbonyl (C=O) groups is 1. The van der Waals surface area contributed by atoms with Crippen LogP contribution in [0.5, 0.6) is 0 Å². The fourth-order valence-electron chi connectivity index (χ4n) is 1.56. The van der Waals surface area contributed by atoms with Crippen LogP contribution >= 0.6 is 0 Å². The lowest BCUT2D eigenvalue weighted by atomic mass is 10.1. The minimum atomic E-state index is -4.83. The molecule has 0 amide bonds. The third-order valence-corrected chi connectivity index (χ3v) is 2.45. The van der Waals surface area contributed by atoms with Crippen LogP contribution in [0.2, 0.25) is 0 Å². The minimum absolute atomic E-state index is 0.0963. The van der Waals surface area contributed by atoms with E-state index in [1.165, 1.54) is 0 Å². The molecule has 21 heavy (non-hydrogen) atoms. The Bertz CT molecular complexity index is 725. The van der Waals surface area contributed by atoms with Crippen molar-refractivity contribution in [1.29, 1.82) is 0 Å². The van der Waals surface area contributed by atoms with Crippen molar-refractivity contribution in [3.8, 4) is 5.69 Å². The summed E-state index contributed by atoms with van der Waals surface area (Å²) in [6, 6.07) is 2.21. The Labute approximate surface area is 113 Å². The largest absolute Gasteiger partial charge is 0.491 e. The van der Waals surface area contributed by atoms with Gasteiger partial charge in [0.05, 0.1) is 16.8 Å². The van der Waals surface area contributed by atoms with Gasteiger partial charge in [0.15, 0.2) is 0 Å². The molecule has 0 saturated carbocycles. The van der Waals surface area contributed by atoms with E-state index in [2.05, 4.69) is 10.1 Å². The second-order valence-corrected chi connectivity index (χ2v) is 3.78. The lowest BCUT2D eigenvalue weighted by Gasteiger charge is -2.10. The molecule has 0 bridgehead atoms. The zero-order chi connectivity index (χ0) is 15.8. The number of carboxylic acid groups (broad SMARTS) is 1. The van der Waals surface area contributed by atoms with Crippen LogP contribution in [0.3, 0.4) is 0 Å². The first kappa shape index (κ1) is 14.4. The van der Waals surface area contributed by atoms with Crippen LogP contribution < -0.4 is 0 Å². The first-order valence-electron chi connectivity index (χ1n) is 5.21. The Morgan fingerprint density at radius 2 is 2.05 bits per heavy atom. The van der Waals surface area contributed by atoms with Gasteiger partial charge < -0.3 is 15.2 Å². The molecule has 0 unspecified atom stereocenters. The van der Waals surface area contributed by atoms with E-state index in [0.717, 1.165) is 17.1 Å². The molecular formula is C10H5F3N4O4. The highest BCUT2D eigenvalue weighted by molar-refractivity contribution is 5.90. The Hall–Kier alpha value is -2.98. The lowest BCUT2D eigenvalue weighted by molar-refractivity contribution is -0.394. The monoisotopic (exact) mass is 302 g/mol. The zero-order valence-electron chi connectivity index (χ0n) is 9.90. The van der Waals surface area contributed by atoms with Crippen LogP contribution in [-0.2, 0) is 6.18 Å². The van der Waals surface area contributed by atoms with Gasteiger partial charge in [-0.2, -0.15) is 13.2 Å². The summed E-state index contributed by atoms with van der Waals surface area (Å²) < 4.78 is 38.8. The van der Waals surface area contributed by atoms with Crippen molar-refractivity contribution in [3.05, 3.63) is 45.8 Å². The van der Waals surface area contributed by atoms with Crippen LogP contribution in [0.1, 0.15) is 15.9 Å². The van der Waals surface area contributed by atoms with Gasteiger partial charge in [0, 0.05) is 5.10 Å². The molecule has 1 aromatic heterocycles. The van der Waals surface area contributed by atoms with E-state index >= 15 is 0 Å². The van der Waals surface area contributed by atoms with E-state index in [-0.39, 0.29) is 5.69 Å². The summed E-state index contributed by atoms with van der Waals surface area (Å²) in [7, 11) is 0. The molecule has 0 saturated heterocycles. The first-order valence-corrected chi connectivity index (χ1v) is 5.21. The van der Waals surface area contributed by atoms with Crippen molar-refractivity contribution in [3.63, 3.8) is 0 Å². The van der Waals surface area contributed by atoms with E-state index in [1.54, 1.807) is 0 Å². The summed E-state index contributed by atoms with van der Waals surface area (Å²) >= 11 is 0. The predicted molar refractivity (Wildman–Crippen MR) is 60.0 cm³/mol. The SMILES string of the molecule is O=C(O)c1cc(-n2cnc([N+](=O)[O-])n2)ccc1C(F)(F)F. The summed E-state index contributed by atoms with van der Waals surface area (Å²) in [6.45, 7) is 0. The summed E-state index contributed by atoms with van der Waals surface area (Å²) in [6.07, 6.45) is -3.94. The zero-order valence-corrected chi connectivity index (χ0v) is 9.90. The second kappa shape index (κ2) is 4.85. The lowest BCUT2D eigenvalue weighted by Crippen LogP contribution is -2.13. The molecule has 110 valence electrons. The van der Waals surface area contributed by atoms with Crippen molar-refractivity contribution >= 4 is 11.9 Å². The van der Waals surface area contributed by atoms with E-state index in [0.29, 0.717) is 12.1 Å². The molecule has 0 aliphatic rings. The number of hydrogen-bond acceptors (Lipinski definition) is 5. The second-order valence-electron chi connectivity index (χ2n) is 3.78. The molecule has 0 atom stereocenters. The van der Waals surface area contributed by atoms with Crippen LogP contribution in [0, 0.1) is 10.1 Å². The maximum absolute atomic E-state index is 12.7. The average molecular weight is 302 g/mol. The van der Waals surface area contributed by atoms with Gasteiger partial charge in [0.1, 0.15) is 0 Å². The maximum atomic E-state index is 12.7. The number of halogens is 3. The van der Waals surface area contributed by atoms with Crippen LogP contribution in [0.25, 0.3) is 5.69 Å². The van der Waals surface area contributed by atoms with Gasteiger partial charge in [0.2, 0.25) is 6.33 Å². The molecule has 0 aliphatic carbocycles. The molecule has 1 aromatic carbocycles. The average Bonchev–Trinajstić information content (AvgIpc) is 2.86. The molecule has 2 rings (SSSR count). The van der Waals surface area contributed by atoms with Crippen molar-refractivity contribution in [1.82, 2.24) is 14.8 Å². The fourth-order valence-corrected chi connectivity index (χ4v) is 1.56. The minimum Gasteiger partial charge on any atom is -0.478 e. The molecule has 2 aromatic rings. The van der Waals surface area contributed by atoms with Gasteiger partial charge in [0.25, 0.3) is 0 Å². The van der Waals surface area contributed by atoms with Crippen molar-refractivity contribution in [2.24, 2.45) is 0 Å². The van der Waals surface area contributed by atoms with Gasteiger partial charge in [-0.3, -0.25) is 0 Å². The van der Waals surface area contributed by atoms with Gasteiger partial charge in [-0.05, 0) is 23.1 Å². The highest BCUT2D eigenvalue weighted by Crippen LogP contribution is 2.33. The van der Waals surface area contributed by atoms with Crippen molar-refractivity contribution < 1.29 is 28.0 Å².